The van der Waals surface area contributed by atoms with Gasteiger partial charge in [0.15, 0.2) is 5.65 Å². The van der Waals surface area contributed by atoms with Crippen LogP contribution in [0.5, 0.6) is 0 Å². The number of pyridine rings is 2. The molecular formula is C39H30IrN4S-2. The van der Waals surface area contributed by atoms with Crippen molar-refractivity contribution in [3.05, 3.63) is 145 Å². The normalized spacial score (nSPS) is 11.3. The van der Waals surface area contributed by atoms with E-state index in [1.165, 1.54) is 25.7 Å². The van der Waals surface area contributed by atoms with Crippen LogP contribution in [-0.2, 0) is 25.5 Å². The second kappa shape index (κ2) is 12.9. The van der Waals surface area contributed by atoms with Crippen LogP contribution in [0.25, 0.3) is 59.7 Å². The fourth-order valence-electron chi connectivity index (χ4n) is 5.30. The summed E-state index contributed by atoms with van der Waals surface area (Å²) in [6.07, 6.45) is 3.77. The predicted molar refractivity (Wildman–Crippen MR) is 183 cm³/mol. The fourth-order valence-corrected chi connectivity index (χ4v) is 6.49. The average molecular weight is 779 g/mol. The van der Waals surface area contributed by atoms with Crippen LogP contribution in [0.1, 0.15) is 26.3 Å². The van der Waals surface area contributed by atoms with Gasteiger partial charge in [-0.25, -0.2) is 4.98 Å². The molecule has 0 aliphatic rings. The molecule has 8 rings (SSSR count). The molecule has 0 fully saturated rings. The molecule has 4 aromatic carbocycles. The minimum absolute atomic E-state index is 0. The van der Waals surface area contributed by atoms with Crippen molar-refractivity contribution < 1.29 is 20.1 Å². The summed E-state index contributed by atoms with van der Waals surface area (Å²) in [5.41, 5.74) is 7.04. The van der Waals surface area contributed by atoms with E-state index >= 15 is 0 Å². The van der Waals surface area contributed by atoms with Crippen LogP contribution in [0, 0.1) is 12.1 Å². The third kappa shape index (κ3) is 6.10. The molecule has 0 atom stereocenters. The number of nitrogens with zero attached hydrogens (tertiary/aromatic N) is 4. The Morgan fingerprint density at radius 3 is 2.27 bits per heavy atom. The first-order valence-corrected chi connectivity index (χ1v) is 15.4. The summed E-state index contributed by atoms with van der Waals surface area (Å²) in [7, 11) is 0. The van der Waals surface area contributed by atoms with Crippen LogP contribution >= 0.6 is 11.3 Å². The van der Waals surface area contributed by atoms with Gasteiger partial charge in [0.2, 0.25) is 0 Å². The maximum Gasteiger partial charge on any atom is 0.155 e. The fraction of sp³-hybridized carbons (Fsp3) is 0.103. The molecule has 0 spiro atoms. The van der Waals surface area contributed by atoms with Crippen molar-refractivity contribution in [3.63, 3.8) is 0 Å². The van der Waals surface area contributed by atoms with Gasteiger partial charge in [-0.15, -0.1) is 54.1 Å². The number of hydrogen-bond acceptors (Lipinski definition) is 4. The van der Waals surface area contributed by atoms with Crippen molar-refractivity contribution in [2.75, 3.05) is 0 Å². The molecule has 0 amide bonds. The number of thiophene rings is 1. The molecule has 1 radical (unpaired) electrons. The van der Waals surface area contributed by atoms with Gasteiger partial charge in [0.1, 0.15) is 0 Å². The van der Waals surface area contributed by atoms with E-state index in [-0.39, 0.29) is 25.5 Å². The summed E-state index contributed by atoms with van der Waals surface area (Å²) in [6, 6.07) is 45.6. The maximum absolute atomic E-state index is 5.13. The van der Waals surface area contributed by atoms with E-state index in [0.717, 1.165) is 39.5 Å². The van der Waals surface area contributed by atoms with Gasteiger partial charge in [-0.05, 0) is 57.1 Å². The SMILES string of the molecule is CC(C)(C)c1cnc2c(c1)nc(-c1[c-]ccc3c1sc1ccccc13)n2-c1ccccc1.[Ir].[c-]1ccccc1-c1ccccn1. The van der Waals surface area contributed by atoms with Crippen LogP contribution in [0.2, 0.25) is 0 Å². The van der Waals surface area contributed by atoms with E-state index in [1.54, 1.807) is 17.5 Å². The minimum Gasteiger partial charge on any atom is -0.318 e. The Balaban J connectivity index is 0.000000231. The van der Waals surface area contributed by atoms with Crippen molar-refractivity contribution in [2.24, 2.45) is 0 Å². The van der Waals surface area contributed by atoms with E-state index in [0.29, 0.717) is 0 Å². The van der Waals surface area contributed by atoms with Gasteiger partial charge in [-0.1, -0.05) is 80.3 Å². The minimum atomic E-state index is 0. The summed E-state index contributed by atoms with van der Waals surface area (Å²) in [5.74, 6) is 0.877. The van der Waals surface area contributed by atoms with Crippen molar-refractivity contribution in [1.29, 1.82) is 0 Å². The summed E-state index contributed by atoms with van der Waals surface area (Å²) < 4.78 is 4.65. The topological polar surface area (TPSA) is 43.6 Å². The quantitative estimate of drug-likeness (QED) is 0.168. The monoisotopic (exact) mass is 779 g/mol. The van der Waals surface area contributed by atoms with Crippen molar-refractivity contribution in [2.45, 2.75) is 26.2 Å². The smallest absolute Gasteiger partial charge is 0.155 e. The first-order valence-electron chi connectivity index (χ1n) is 14.6. The number of para-hydroxylation sites is 1. The average Bonchev–Trinajstić information content (AvgIpc) is 3.64. The molecule has 223 valence electrons. The Bertz CT molecular complexity index is 2160. The Hall–Kier alpha value is -4.48. The molecule has 0 bridgehead atoms. The van der Waals surface area contributed by atoms with Crippen LogP contribution in [0.4, 0.5) is 0 Å². The first-order chi connectivity index (χ1) is 21.5. The summed E-state index contributed by atoms with van der Waals surface area (Å²) in [4.78, 5) is 14.2. The van der Waals surface area contributed by atoms with Crippen molar-refractivity contribution in [1.82, 2.24) is 19.5 Å². The molecule has 0 saturated carbocycles. The Morgan fingerprint density at radius 2 is 1.51 bits per heavy atom. The maximum atomic E-state index is 5.13. The Kier molecular flexibility index (Phi) is 8.73. The second-order valence-electron chi connectivity index (χ2n) is 11.6. The standard InChI is InChI=1S/C28H22N3S.C11H8N.Ir/c1-28(2,3)18-16-23-27(29-17-18)31(19-10-5-4-6-11-19)26(30-23)22-14-9-13-21-20-12-7-8-15-24(20)32-25(21)22;1-2-6-10(7-3-1)11-8-4-5-9-12-11;/h4-13,15-17H,1-3H3;1-6,8-9H;/q2*-1;. The van der Waals surface area contributed by atoms with Crippen LogP contribution in [0.15, 0.2) is 128 Å². The van der Waals surface area contributed by atoms with Gasteiger partial charge < -0.3 is 9.55 Å². The molecule has 4 nitrogen and oxygen atoms in total. The third-order valence-electron chi connectivity index (χ3n) is 7.59. The summed E-state index contributed by atoms with van der Waals surface area (Å²) >= 11 is 1.80. The predicted octanol–water partition coefficient (Wildman–Crippen LogP) is 10.1. The van der Waals surface area contributed by atoms with Crippen LogP contribution < -0.4 is 0 Å². The molecule has 45 heavy (non-hydrogen) atoms. The number of benzene rings is 4. The van der Waals surface area contributed by atoms with E-state index in [1.807, 2.05) is 60.8 Å². The molecule has 0 unspecified atom stereocenters. The van der Waals surface area contributed by atoms with Gasteiger partial charge in [0.25, 0.3) is 0 Å². The molecule has 6 heteroatoms. The number of fused-ring (bicyclic) bond motifs is 4. The van der Waals surface area contributed by atoms with E-state index in [2.05, 4.69) is 103 Å². The summed E-state index contributed by atoms with van der Waals surface area (Å²) in [5, 5.41) is 2.52. The van der Waals surface area contributed by atoms with Gasteiger partial charge in [0, 0.05) is 42.9 Å². The van der Waals surface area contributed by atoms with Gasteiger partial charge in [-0.3, -0.25) is 4.98 Å². The Labute approximate surface area is 280 Å². The van der Waals surface area contributed by atoms with Gasteiger partial charge >= 0.3 is 0 Å². The molecule has 4 heterocycles. The second-order valence-corrected chi connectivity index (χ2v) is 12.7. The number of aromatic nitrogens is 4. The zero-order valence-corrected chi connectivity index (χ0v) is 28.4. The zero-order valence-electron chi connectivity index (χ0n) is 25.2. The summed E-state index contributed by atoms with van der Waals surface area (Å²) in [6.45, 7) is 6.62. The molecule has 0 aliphatic heterocycles. The molecule has 0 aliphatic carbocycles. The Morgan fingerprint density at radius 1 is 0.733 bits per heavy atom. The largest absolute Gasteiger partial charge is 0.318 e. The van der Waals surface area contributed by atoms with Crippen LogP contribution in [0.3, 0.4) is 0 Å². The van der Waals surface area contributed by atoms with Crippen molar-refractivity contribution in [3.8, 4) is 28.3 Å². The van der Waals surface area contributed by atoms with Crippen molar-refractivity contribution >= 4 is 42.7 Å². The van der Waals surface area contributed by atoms with E-state index < -0.39 is 0 Å². The van der Waals surface area contributed by atoms with Gasteiger partial charge in [0.05, 0.1) is 11.3 Å². The first kappa shape index (κ1) is 30.5. The zero-order chi connectivity index (χ0) is 30.1. The van der Waals surface area contributed by atoms with Gasteiger partial charge in [-0.2, -0.15) is 11.3 Å². The number of rotatable bonds is 3. The molecule has 4 aromatic heterocycles. The molecule has 0 N–H and O–H groups in total. The van der Waals surface area contributed by atoms with E-state index in [9.17, 15) is 0 Å². The molecule has 0 saturated heterocycles. The third-order valence-corrected chi connectivity index (χ3v) is 8.79. The molecule has 8 aromatic rings. The number of hydrogen-bond donors (Lipinski definition) is 0. The van der Waals surface area contributed by atoms with Crippen LogP contribution in [-0.4, -0.2) is 19.5 Å². The number of imidazole rings is 1. The van der Waals surface area contributed by atoms with E-state index in [4.69, 9.17) is 9.97 Å². The molecular weight excluding hydrogens is 749 g/mol.